The first-order valence-electron chi connectivity index (χ1n) is 10.9. The Labute approximate surface area is 184 Å². The van der Waals surface area contributed by atoms with E-state index in [0.717, 1.165) is 30.3 Å². The van der Waals surface area contributed by atoms with Crippen LogP contribution in [-0.2, 0) is 16.6 Å². The number of fused-ring (bicyclic) bond motifs is 1. The van der Waals surface area contributed by atoms with Gasteiger partial charge in [-0.3, -0.25) is 13.9 Å². The number of hydrogen-bond acceptors (Lipinski definition) is 5. The largest absolute Gasteiger partial charge is 0.465 e. The van der Waals surface area contributed by atoms with Crippen molar-refractivity contribution in [3.8, 4) is 0 Å². The van der Waals surface area contributed by atoms with Crippen molar-refractivity contribution in [3.63, 3.8) is 0 Å². The van der Waals surface area contributed by atoms with Gasteiger partial charge in [0.05, 0.1) is 21.8 Å². The van der Waals surface area contributed by atoms with E-state index in [9.17, 15) is 27.9 Å². The second kappa shape index (κ2) is 7.17. The van der Waals surface area contributed by atoms with Crippen molar-refractivity contribution in [2.75, 3.05) is 13.1 Å². The first kappa shape index (κ1) is 21.2. The van der Waals surface area contributed by atoms with E-state index < -0.39 is 38.9 Å². The molecule has 0 spiro atoms. The molecule has 2 aromatic rings. The normalized spacial score (nSPS) is 22.4. The average molecular weight is 463 g/mol. The van der Waals surface area contributed by atoms with Gasteiger partial charge in [-0.2, -0.15) is 0 Å². The number of carbonyl (C=O) groups is 1. The number of rotatable bonds is 6. The van der Waals surface area contributed by atoms with Crippen molar-refractivity contribution in [2.24, 2.45) is 5.92 Å². The predicted molar refractivity (Wildman–Crippen MR) is 116 cm³/mol. The Bertz CT molecular complexity index is 1340. The molecule has 172 valence electrons. The molecule has 1 aromatic heterocycles. The Hall–Kier alpha value is -2.66. The number of likely N-dealkylation sites (tertiary alicyclic amines) is 1. The SMILES string of the molecule is CC1(NS(=O)(=O)c2ccc3c(c2)c(=O)n(C2CCN(C(=O)O)C2)c(=O)n3CC2CC2)CC1. The third kappa shape index (κ3) is 3.73. The fourth-order valence-corrected chi connectivity index (χ4v) is 5.89. The Morgan fingerprint density at radius 1 is 1.22 bits per heavy atom. The molecule has 1 unspecified atom stereocenters. The van der Waals surface area contributed by atoms with Crippen LogP contribution in [0.1, 0.15) is 45.1 Å². The fraction of sp³-hybridized carbons (Fsp3) is 0.571. The molecule has 2 N–H and O–H groups in total. The first-order valence-corrected chi connectivity index (χ1v) is 12.4. The molecular weight excluding hydrogens is 436 g/mol. The van der Waals surface area contributed by atoms with Crippen LogP contribution in [0.25, 0.3) is 10.9 Å². The molecule has 1 aromatic carbocycles. The van der Waals surface area contributed by atoms with Crippen LogP contribution >= 0.6 is 0 Å². The number of nitrogens with one attached hydrogen (secondary N) is 1. The van der Waals surface area contributed by atoms with Crippen molar-refractivity contribution in [1.29, 1.82) is 0 Å². The number of hydrogen-bond donors (Lipinski definition) is 2. The summed E-state index contributed by atoms with van der Waals surface area (Å²) in [7, 11) is -3.82. The molecule has 2 heterocycles. The lowest BCUT2D eigenvalue weighted by molar-refractivity contribution is 0.154. The second-order valence-electron chi connectivity index (χ2n) is 9.53. The number of amides is 1. The molecule has 1 saturated heterocycles. The maximum Gasteiger partial charge on any atom is 0.407 e. The van der Waals surface area contributed by atoms with Crippen molar-refractivity contribution in [3.05, 3.63) is 39.0 Å². The minimum atomic E-state index is -3.82. The molecule has 5 rings (SSSR count). The Morgan fingerprint density at radius 3 is 2.53 bits per heavy atom. The fourth-order valence-electron chi connectivity index (χ4n) is 4.39. The quantitative estimate of drug-likeness (QED) is 0.666. The highest BCUT2D eigenvalue weighted by molar-refractivity contribution is 7.89. The third-order valence-electron chi connectivity index (χ3n) is 6.77. The first-order chi connectivity index (χ1) is 15.1. The summed E-state index contributed by atoms with van der Waals surface area (Å²) in [6.07, 6.45) is 2.78. The Balaban J connectivity index is 1.65. The van der Waals surface area contributed by atoms with Crippen LogP contribution < -0.4 is 16.0 Å². The minimum Gasteiger partial charge on any atom is -0.465 e. The molecule has 1 aliphatic heterocycles. The van der Waals surface area contributed by atoms with E-state index in [4.69, 9.17) is 0 Å². The summed E-state index contributed by atoms with van der Waals surface area (Å²) < 4.78 is 31.1. The molecule has 11 heteroatoms. The zero-order valence-corrected chi connectivity index (χ0v) is 18.6. The minimum absolute atomic E-state index is 0.0167. The molecule has 1 amide bonds. The van der Waals surface area contributed by atoms with Crippen molar-refractivity contribution < 1.29 is 18.3 Å². The summed E-state index contributed by atoms with van der Waals surface area (Å²) in [5.74, 6) is 0.348. The van der Waals surface area contributed by atoms with Crippen LogP contribution in [0, 0.1) is 5.92 Å². The van der Waals surface area contributed by atoms with Gasteiger partial charge in [0.2, 0.25) is 10.0 Å². The van der Waals surface area contributed by atoms with E-state index >= 15 is 0 Å². The van der Waals surface area contributed by atoms with E-state index in [0.29, 0.717) is 24.4 Å². The summed E-state index contributed by atoms with van der Waals surface area (Å²) in [6.45, 7) is 2.58. The molecule has 1 atom stereocenters. The van der Waals surface area contributed by atoms with Gasteiger partial charge in [-0.25, -0.2) is 22.7 Å². The molecular formula is C21H26N4O6S. The van der Waals surface area contributed by atoms with E-state index in [-0.39, 0.29) is 23.4 Å². The molecule has 0 bridgehead atoms. The van der Waals surface area contributed by atoms with Crippen LogP contribution in [0.2, 0.25) is 0 Å². The summed E-state index contributed by atoms with van der Waals surface area (Å²) in [4.78, 5) is 39.3. The van der Waals surface area contributed by atoms with Crippen LogP contribution in [0.5, 0.6) is 0 Å². The van der Waals surface area contributed by atoms with Crippen LogP contribution in [0.3, 0.4) is 0 Å². The third-order valence-corrected chi connectivity index (χ3v) is 8.41. The standard InChI is InChI=1S/C21H26N4O6S/c1-21(7-8-21)22-32(30,31)15-4-5-17-16(10-15)18(26)25(14-6-9-23(12-14)20(28)29)19(27)24(17)11-13-2-3-13/h4-5,10,13-14,22H,2-3,6-9,11-12H2,1H3,(H,28,29). The molecule has 2 saturated carbocycles. The highest BCUT2D eigenvalue weighted by Gasteiger charge is 2.41. The van der Waals surface area contributed by atoms with E-state index in [2.05, 4.69) is 4.72 Å². The number of aromatic nitrogens is 2. The topological polar surface area (TPSA) is 131 Å². The van der Waals surface area contributed by atoms with Gasteiger partial charge in [0.1, 0.15) is 0 Å². The zero-order chi connectivity index (χ0) is 22.8. The number of nitrogens with zero attached hydrogens (tertiary/aromatic N) is 3. The molecule has 10 nitrogen and oxygen atoms in total. The highest BCUT2D eigenvalue weighted by atomic mass is 32.2. The zero-order valence-electron chi connectivity index (χ0n) is 17.8. The maximum absolute atomic E-state index is 13.4. The Morgan fingerprint density at radius 2 is 1.94 bits per heavy atom. The summed E-state index contributed by atoms with van der Waals surface area (Å²) >= 11 is 0. The van der Waals surface area contributed by atoms with E-state index in [1.165, 1.54) is 23.1 Å². The summed E-state index contributed by atoms with van der Waals surface area (Å²) in [5, 5.41) is 9.43. The van der Waals surface area contributed by atoms with Crippen LogP contribution in [0.15, 0.2) is 32.7 Å². The van der Waals surface area contributed by atoms with Gasteiger partial charge >= 0.3 is 11.8 Å². The molecule has 0 radical (unpaired) electrons. The van der Waals surface area contributed by atoms with Crippen molar-refractivity contribution in [2.45, 2.75) is 62.0 Å². The number of carboxylic acid groups (broad SMARTS) is 1. The van der Waals surface area contributed by atoms with Gasteiger partial charge in [-0.15, -0.1) is 0 Å². The van der Waals surface area contributed by atoms with Crippen molar-refractivity contribution in [1.82, 2.24) is 18.8 Å². The van der Waals surface area contributed by atoms with Crippen LogP contribution in [0.4, 0.5) is 4.79 Å². The molecule has 32 heavy (non-hydrogen) atoms. The van der Waals surface area contributed by atoms with Crippen LogP contribution in [-0.4, -0.2) is 52.3 Å². The lowest BCUT2D eigenvalue weighted by Gasteiger charge is -2.19. The van der Waals surface area contributed by atoms with Gasteiger partial charge < -0.3 is 10.0 Å². The lowest BCUT2D eigenvalue weighted by Crippen LogP contribution is -2.43. The maximum atomic E-state index is 13.4. The number of sulfonamides is 1. The predicted octanol–water partition coefficient (Wildman–Crippen LogP) is 1.33. The molecule has 3 aliphatic rings. The Kier molecular flexibility index (Phi) is 4.75. The van der Waals surface area contributed by atoms with E-state index in [1.54, 1.807) is 4.57 Å². The summed E-state index contributed by atoms with van der Waals surface area (Å²) in [5.41, 5.74) is -1.09. The van der Waals surface area contributed by atoms with Gasteiger partial charge in [0, 0.05) is 25.2 Å². The van der Waals surface area contributed by atoms with Gasteiger partial charge in [-0.1, -0.05) is 0 Å². The molecule has 2 aliphatic carbocycles. The lowest BCUT2D eigenvalue weighted by atomic mass is 10.2. The van der Waals surface area contributed by atoms with Gasteiger partial charge in [0.25, 0.3) is 5.56 Å². The summed E-state index contributed by atoms with van der Waals surface area (Å²) in [6, 6.07) is 3.73. The second-order valence-corrected chi connectivity index (χ2v) is 11.2. The average Bonchev–Trinajstić information content (AvgIpc) is 3.63. The van der Waals surface area contributed by atoms with Crippen molar-refractivity contribution >= 4 is 27.0 Å². The highest BCUT2D eigenvalue weighted by Crippen LogP contribution is 2.36. The van der Waals surface area contributed by atoms with E-state index in [1.807, 2.05) is 6.92 Å². The monoisotopic (exact) mass is 462 g/mol. The smallest absolute Gasteiger partial charge is 0.407 e. The van der Waals surface area contributed by atoms with Gasteiger partial charge in [-0.05, 0) is 63.1 Å². The number of benzene rings is 1. The molecule has 3 fully saturated rings. The van der Waals surface area contributed by atoms with Gasteiger partial charge in [0.15, 0.2) is 0 Å².